The average molecular weight is 62.2 g/mol. The maximum Gasteiger partial charge on any atom is 0 e. The van der Waals surface area contributed by atoms with Gasteiger partial charge in [-0.1, -0.05) is 20.8 Å². The summed E-state index contributed by atoms with van der Waals surface area (Å²) in [6.45, 7) is 6.50. The summed E-state index contributed by atoms with van der Waals surface area (Å²) in [4.78, 5) is 0. The lowest BCUT2D eigenvalue weighted by atomic mass is 10.3. The first-order valence-corrected chi connectivity index (χ1v) is 1.73. The summed E-state index contributed by atoms with van der Waals surface area (Å²) in [5.41, 5.74) is 0. The van der Waals surface area contributed by atoms with Gasteiger partial charge < -0.3 is 0 Å². The van der Waals surface area contributed by atoms with Gasteiger partial charge in [-0.15, -0.1) is 0 Å². The molecule has 0 unspecified atom stereocenters. The van der Waals surface area contributed by atoms with Gasteiger partial charge in [-0.25, -0.2) is 0 Å². The van der Waals surface area contributed by atoms with Gasteiger partial charge in [-0.3, -0.25) is 0 Å². The van der Waals surface area contributed by atoms with Crippen LogP contribution in [0.1, 0.15) is 23.6 Å². The third kappa shape index (κ3) is 0. The predicted molar refractivity (Wildman–Crippen MR) is 24.7 cm³/mol. The van der Waals surface area contributed by atoms with E-state index in [4.69, 9.17) is 0 Å². The van der Waals surface area contributed by atoms with Crippen molar-refractivity contribution < 1.29 is 2.85 Å². The molecule has 0 aromatic carbocycles. The molecule has 0 bridgehead atoms. The second kappa shape index (κ2) is 1.33. The van der Waals surface area contributed by atoms with Crippen molar-refractivity contribution in [3.8, 4) is 0 Å². The summed E-state index contributed by atoms with van der Waals surface area (Å²) in [5, 5.41) is 0. The maximum absolute atomic E-state index is 2.17. The Kier molecular flexibility index (Phi) is 1.33. The molecule has 0 fully saturated rings. The van der Waals surface area contributed by atoms with E-state index in [0.29, 0.717) is 0 Å². The molecule has 0 aliphatic rings. The highest BCUT2D eigenvalue weighted by atomic mass is 13.7. The van der Waals surface area contributed by atoms with E-state index in [1.54, 1.807) is 0 Å². The van der Waals surface area contributed by atoms with Crippen LogP contribution in [-0.4, -0.2) is 0 Å². The first kappa shape index (κ1) is 4.00. The molecule has 0 saturated carbocycles. The first-order chi connectivity index (χ1) is 1.73. The summed E-state index contributed by atoms with van der Waals surface area (Å²) >= 11 is 0. The summed E-state index contributed by atoms with van der Waals surface area (Å²) in [7, 11) is 0. The minimum Gasteiger partial charge on any atom is -0.0630 e. The topological polar surface area (TPSA) is 0 Å². The fourth-order valence-corrected chi connectivity index (χ4v) is 0. The summed E-state index contributed by atoms with van der Waals surface area (Å²) in [6, 6.07) is 0. The molecule has 4 heavy (non-hydrogen) atoms. The Morgan fingerprint density at radius 1 is 1.25 bits per heavy atom. The van der Waals surface area contributed by atoms with E-state index in [-0.39, 0.29) is 2.85 Å². The lowest BCUT2D eigenvalue weighted by molar-refractivity contribution is 0.737. The minimum atomic E-state index is 0. The van der Waals surface area contributed by atoms with Gasteiger partial charge in [0.1, 0.15) is 0 Å². The fourth-order valence-electron chi connectivity index (χ4n) is 0. The molecule has 0 aromatic heterocycles. The standard InChI is InChI=1S/C4H10.2H2/c1-4(2)3;;/h4H,1-3H3;2*1H. The van der Waals surface area contributed by atoms with E-state index in [9.17, 15) is 0 Å². The molecule has 0 saturated heterocycles. The molecule has 0 atom stereocenters. The Labute approximate surface area is 30.8 Å². The van der Waals surface area contributed by atoms with Crippen molar-refractivity contribution in [2.75, 3.05) is 0 Å². The Balaban J connectivity index is -0.0000000450. The highest BCUT2D eigenvalue weighted by Gasteiger charge is 1.68. The van der Waals surface area contributed by atoms with E-state index >= 15 is 0 Å². The molecular formula is C4H14. The fraction of sp³-hybridized carbons (Fsp3) is 1.00. The zero-order valence-electron chi connectivity index (χ0n) is 3.58. The Morgan fingerprint density at radius 2 is 1.25 bits per heavy atom. The van der Waals surface area contributed by atoms with E-state index in [1.807, 2.05) is 0 Å². The van der Waals surface area contributed by atoms with Crippen LogP contribution < -0.4 is 0 Å². The Hall–Kier alpha value is 0. The van der Waals surface area contributed by atoms with Gasteiger partial charge in [-0.2, -0.15) is 0 Å². The van der Waals surface area contributed by atoms with Crippen molar-refractivity contribution in [3.63, 3.8) is 0 Å². The zero-order valence-corrected chi connectivity index (χ0v) is 3.58. The number of hydrogen-bond donors (Lipinski definition) is 0. The van der Waals surface area contributed by atoms with Crippen LogP contribution in [0.2, 0.25) is 0 Å². The van der Waals surface area contributed by atoms with Gasteiger partial charge in [-0.05, 0) is 5.92 Å². The van der Waals surface area contributed by atoms with Gasteiger partial charge in [0.2, 0.25) is 0 Å². The van der Waals surface area contributed by atoms with Gasteiger partial charge in [0.05, 0.1) is 0 Å². The minimum absolute atomic E-state index is 0. The van der Waals surface area contributed by atoms with Crippen LogP contribution in [0.3, 0.4) is 0 Å². The van der Waals surface area contributed by atoms with Crippen molar-refractivity contribution >= 4 is 0 Å². The molecule has 0 N–H and O–H groups in total. The normalized spacial score (nSPS) is 9.00. The molecule has 0 nitrogen and oxygen atoms in total. The van der Waals surface area contributed by atoms with Crippen molar-refractivity contribution in [1.29, 1.82) is 0 Å². The Morgan fingerprint density at radius 3 is 1.25 bits per heavy atom. The quantitative estimate of drug-likeness (QED) is 0.403. The van der Waals surface area contributed by atoms with Crippen LogP contribution in [0.25, 0.3) is 0 Å². The molecule has 0 aliphatic carbocycles. The van der Waals surface area contributed by atoms with Crippen LogP contribution in [0.15, 0.2) is 0 Å². The van der Waals surface area contributed by atoms with E-state index in [2.05, 4.69) is 20.8 Å². The van der Waals surface area contributed by atoms with Crippen LogP contribution >= 0.6 is 0 Å². The average Bonchev–Trinajstić information content (AvgIpc) is 0.811. The SMILES string of the molecule is CC(C)C.[HH].[HH]. The maximum atomic E-state index is 2.17. The molecule has 0 heteroatoms. The van der Waals surface area contributed by atoms with Crippen molar-refractivity contribution in [2.45, 2.75) is 20.8 Å². The third-order valence-electron chi connectivity index (χ3n) is 0. The van der Waals surface area contributed by atoms with Gasteiger partial charge in [0, 0.05) is 2.85 Å². The van der Waals surface area contributed by atoms with Crippen LogP contribution in [-0.2, 0) is 0 Å². The molecule has 30 valence electrons. The first-order valence-electron chi connectivity index (χ1n) is 1.73. The molecular weight excluding hydrogens is 48.0 g/mol. The van der Waals surface area contributed by atoms with E-state index in [0.717, 1.165) is 5.92 Å². The van der Waals surface area contributed by atoms with E-state index in [1.165, 1.54) is 0 Å². The second-order valence-electron chi connectivity index (χ2n) is 1.73. The highest BCUT2D eigenvalue weighted by molar-refractivity contribution is 4.20. The third-order valence-corrected chi connectivity index (χ3v) is 0. The predicted octanol–water partition coefficient (Wildman–Crippen LogP) is 2.15. The monoisotopic (exact) mass is 62.1 g/mol. The Bertz CT molecular complexity index is 10.3. The summed E-state index contributed by atoms with van der Waals surface area (Å²) in [6.07, 6.45) is 0. The van der Waals surface area contributed by atoms with Crippen LogP contribution in [0, 0.1) is 5.92 Å². The van der Waals surface area contributed by atoms with Crippen LogP contribution in [0.4, 0.5) is 0 Å². The lowest BCUT2D eigenvalue weighted by Crippen LogP contribution is -1.66. The smallest absolute Gasteiger partial charge is 0 e. The lowest BCUT2D eigenvalue weighted by Gasteiger charge is -1.79. The van der Waals surface area contributed by atoms with E-state index < -0.39 is 0 Å². The zero-order chi connectivity index (χ0) is 3.58. The number of hydrogen-bond acceptors (Lipinski definition) is 0. The summed E-state index contributed by atoms with van der Waals surface area (Å²) in [5.74, 6) is 0.833. The van der Waals surface area contributed by atoms with Gasteiger partial charge in [0.15, 0.2) is 0 Å². The van der Waals surface area contributed by atoms with Crippen molar-refractivity contribution in [1.82, 2.24) is 0 Å². The molecule has 0 heterocycles. The summed E-state index contributed by atoms with van der Waals surface area (Å²) < 4.78 is 0. The van der Waals surface area contributed by atoms with Crippen molar-refractivity contribution in [2.24, 2.45) is 5.92 Å². The largest absolute Gasteiger partial charge is 0.0630 e. The number of rotatable bonds is 0. The second-order valence-corrected chi connectivity index (χ2v) is 1.73. The van der Waals surface area contributed by atoms with Gasteiger partial charge >= 0.3 is 0 Å². The highest BCUT2D eigenvalue weighted by Crippen LogP contribution is 1.81. The molecule has 0 radical (unpaired) electrons. The molecule has 0 aromatic rings. The molecule has 0 amide bonds. The van der Waals surface area contributed by atoms with Gasteiger partial charge in [0.25, 0.3) is 0 Å². The molecule has 0 spiro atoms. The molecule has 0 aliphatic heterocycles. The van der Waals surface area contributed by atoms with Crippen molar-refractivity contribution in [3.05, 3.63) is 0 Å². The molecule has 0 rings (SSSR count). The van der Waals surface area contributed by atoms with Crippen LogP contribution in [0.5, 0.6) is 0 Å².